The number of carbonyl (C=O) groups excluding carboxylic acids is 1. The van der Waals surface area contributed by atoms with E-state index in [1.807, 2.05) is 0 Å². The molecule has 0 saturated carbocycles. The van der Waals surface area contributed by atoms with Crippen molar-refractivity contribution in [2.24, 2.45) is 0 Å². The molecule has 0 spiro atoms. The van der Waals surface area contributed by atoms with E-state index in [1.165, 1.54) is 32.6 Å². The van der Waals surface area contributed by atoms with Gasteiger partial charge in [0.2, 0.25) is 5.91 Å². The number of rotatable bonds is 10. The van der Waals surface area contributed by atoms with Crippen LogP contribution in [0.4, 0.5) is 0 Å². The summed E-state index contributed by atoms with van der Waals surface area (Å²) < 4.78 is 0. The molecule has 0 saturated heterocycles. The Bertz CT molecular complexity index is 229. The van der Waals surface area contributed by atoms with Crippen molar-refractivity contribution >= 4 is 11.9 Å². The first kappa shape index (κ1) is 15.9. The molecule has 0 aromatic carbocycles. The van der Waals surface area contributed by atoms with Gasteiger partial charge in [0.15, 0.2) is 0 Å². The molecule has 0 heterocycles. The summed E-state index contributed by atoms with van der Waals surface area (Å²) in [6.45, 7) is 3.53. The minimum Gasteiger partial charge on any atom is -0.480 e. The minimum absolute atomic E-state index is 0.277. The van der Waals surface area contributed by atoms with Crippen LogP contribution in [0.15, 0.2) is 0 Å². The number of nitrogens with one attached hydrogen (secondary N) is 1. The highest BCUT2D eigenvalue weighted by molar-refractivity contribution is 5.81. The lowest BCUT2D eigenvalue weighted by molar-refractivity contribution is -0.141. The van der Waals surface area contributed by atoms with Crippen molar-refractivity contribution in [2.45, 2.75) is 71.3 Å². The number of aliphatic carboxylic acids is 1. The van der Waals surface area contributed by atoms with Crippen LogP contribution in [0.25, 0.3) is 0 Å². The smallest absolute Gasteiger partial charge is 0.326 e. The highest BCUT2D eigenvalue weighted by Crippen LogP contribution is 2.09. The molecule has 0 aromatic rings. The average Bonchev–Trinajstić information content (AvgIpc) is 2.25. The second-order valence-corrected chi connectivity index (χ2v) is 4.50. The van der Waals surface area contributed by atoms with E-state index in [4.69, 9.17) is 5.11 Å². The van der Waals surface area contributed by atoms with Crippen molar-refractivity contribution in [3.8, 4) is 0 Å². The quantitative estimate of drug-likeness (QED) is 0.580. The van der Waals surface area contributed by atoms with E-state index >= 15 is 0 Å². The van der Waals surface area contributed by atoms with E-state index < -0.39 is 12.0 Å². The van der Waals surface area contributed by atoms with Gasteiger partial charge in [-0.15, -0.1) is 0 Å². The molecule has 2 N–H and O–H groups in total. The van der Waals surface area contributed by atoms with Gasteiger partial charge in [-0.1, -0.05) is 51.9 Å². The maximum atomic E-state index is 10.8. The van der Waals surface area contributed by atoms with Crippen molar-refractivity contribution in [2.75, 3.05) is 0 Å². The van der Waals surface area contributed by atoms with Gasteiger partial charge in [-0.3, -0.25) is 4.79 Å². The highest BCUT2D eigenvalue weighted by Gasteiger charge is 2.17. The Hall–Kier alpha value is -1.06. The van der Waals surface area contributed by atoms with Crippen LogP contribution in [0.5, 0.6) is 0 Å². The Morgan fingerprint density at radius 2 is 1.59 bits per heavy atom. The third-order valence-corrected chi connectivity index (χ3v) is 2.77. The van der Waals surface area contributed by atoms with Crippen molar-refractivity contribution in [1.82, 2.24) is 5.32 Å². The molecule has 4 heteroatoms. The molecular weight excluding hydrogens is 218 g/mol. The molecule has 0 aliphatic rings. The van der Waals surface area contributed by atoms with Gasteiger partial charge in [0.25, 0.3) is 0 Å². The molecule has 0 aliphatic heterocycles. The van der Waals surface area contributed by atoms with Crippen LogP contribution in [0, 0.1) is 0 Å². The Morgan fingerprint density at radius 3 is 2.06 bits per heavy atom. The molecule has 1 unspecified atom stereocenters. The molecule has 0 bridgehead atoms. The third-order valence-electron chi connectivity index (χ3n) is 2.77. The highest BCUT2D eigenvalue weighted by atomic mass is 16.4. The number of amides is 1. The second-order valence-electron chi connectivity index (χ2n) is 4.50. The Balaban J connectivity index is 3.55. The third kappa shape index (κ3) is 9.85. The Labute approximate surface area is 104 Å². The van der Waals surface area contributed by atoms with Crippen molar-refractivity contribution in [3.63, 3.8) is 0 Å². The zero-order valence-electron chi connectivity index (χ0n) is 11.0. The van der Waals surface area contributed by atoms with Crippen LogP contribution in [0.3, 0.4) is 0 Å². The first-order valence-electron chi connectivity index (χ1n) is 6.57. The zero-order valence-corrected chi connectivity index (χ0v) is 11.0. The van der Waals surface area contributed by atoms with Gasteiger partial charge >= 0.3 is 5.97 Å². The zero-order chi connectivity index (χ0) is 13.1. The van der Waals surface area contributed by atoms with Gasteiger partial charge in [-0.25, -0.2) is 4.79 Å². The molecule has 1 atom stereocenters. The number of hydrogen-bond acceptors (Lipinski definition) is 2. The molecule has 0 radical (unpaired) electrons. The van der Waals surface area contributed by atoms with E-state index in [0.717, 1.165) is 19.3 Å². The molecule has 17 heavy (non-hydrogen) atoms. The Morgan fingerprint density at radius 1 is 1.06 bits per heavy atom. The Kier molecular flexibility index (Phi) is 9.49. The molecule has 0 rings (SSSR count). The summed E-state index contributed by atoms with van der Waals surface area (Å²) in [5, 5.41) is 11.3. The number of carboxylic acids is 1. The van der Waals surface area contributed by atoms with E-state index in [0.29, 0.717) is 6.42 Å². The summed E-state index contributed by atoms with van der Waals surface area (Å²) in [7, 11) is 0. The summed E-state index contributed by atoms with van der Waals surface area (Å²) in [5.74, 6) is -1.22. The number of hydrogen-bond donors (Lipinski definition) is 2. The fourth-order valence-electron chi connectivity index (χ4n) is 1.81. The average molecular weight is 243 g/mol. The molecule has 0 fully saturated rings. The molecule has 0 aliphatic carbocycles. The van der Waals surface area contributed by atoms with Crippen molar-refractivity contribution in [3.05, 3.63) is 0 Å². The monoisotopic (exact) mass is 243 g/mol. The van der Waals surface area contributed by atoms with Crippen LogP contribution < -0.4 is 5.32 Å². The molecule has 100 valence electrons. The summed E-state index contributed by atoms with van der Waals surface area (Å²) in [4.78, 5) is 21.6. The molecular formula is C13H25NO3. The van der Waals surface area contributed by atoms with Crippen LogP contribution in [-0.4, -0.2) is 23.0 Å². The van der Waals surface area contributed by atoms with E-state index in [-0.39, 0.29) is 5.91 Å². The normalized spacial score (nSPS) is 12.1. The topological polar surface area (TPSA) is 66.4 Å². The van der Waals surface area contributed by atoms with Crippen LogP contribution in [-0.2, 0) is 9.59 Å². The van der Waals surface area contributed by atoms with Crippen molar-refractivity contribution < 1.29 is 14.7 Å². The summed E-state index contributed by atoms with van der Waals surface area (Å²) in [6.07, 6.45) is 8.62. The second kappa shape index (κ2) is 10.1. The molecule has 0 aromatic heterocycles. The summed E-state index contributed by atoms with van der Waals surface area (Å²) in [5.41, 5.74) is 0. The van der Waals surface area contributed by atoms with E-state index in [1.54, 1.807) is 0 Å². The van der Waals surface area contributed by atoms with Crippen LogP contribution in [0.1, 0.15) is 65.2 Å². The first-order valence-corrected chi connectivity index (χ1v) is 6.57. The summed E-state index contributed by atoms with van der Waals surface area (Å²) in [6, 6.07) is -0.719. The predicted octanol–water partition coefficient (Wildman–Crippen LogP) is 2.72. The number of carbonyl (C=O) groups is 2. The van der Waals surface area contributed by atoms with Gasteiger partial charge in [-0.2, -0.15) is 0 Å². The van der Waals surface area contributed by atoms with E-state index in [2.05, 4.69) is 12.2 Å². The fraction of sp³-hybridized carbons (Fsp3) is 0.846. The summed E-state index contributed by atoms with van der Waals surface area (Å²) >= 11 is 0. The SMILES string of the molecule is CCCCCCCCCC(NC(C)=O)C(=O)O. The van der Waals surface area contributed by atoms with Gasteiger partial charge in [0, 0.05) is 6.92 Å². The van der Waals surface area contributed by atoms with Gasteiger partial charge in [0.1, 0.15) is 6.04 Å². The molecule has 1 amide bonds. The number of carboxylic acid groups (broad SMARTS) is 1. The lowest BCUT2D eigenvalue weighted by atomic mass is 10.1. The predicted molar refractivity (Wildman–Crippen MR) is 67.9 cm³/mol. The minimum atomic E-state index is -0.939. The van der Waals surface area contributed by atoms with Gasteiger partial charge < -0.3 is 10.4 Å². The maximum absolute atomic E-state index is 10.8. The van der Waals surface area contributed by atoms with Gasteiger partial charge in [0.05, 0.1) is 0 Å². The fourth-order valence-corrected chi connectivity index (χ4v) is 1.81. The number of unbranched alkanes of at least 4 members (excludes halogenated alkanes) is 6. The lowest BCUT2D eigenvalue weighted by Gasteiger charge is -2.12. The lowest BCUT2D eigenvalue weighted by Crippen LogP contribution is -2.39. The molecule has 4 nitrogen and oxygen atoms in total. The first-order chi connectivity index (χ1) is 8.07. The van der Waals surface area contributed by atoms with Crippen molar-refractivity contribution in [1.29, 1.82) is 0 Å². The van der Waals surface area contributed by atoms with Gasteiger partial charge in [-0.05, 0) is 6.42 Å². The van der Waals surface area contributed by atoms with E-state index in [9.17, 15) is 9.59 Å². The van der Waals surface area contributed by atoms with Crippen LogP contribution in [0.2, 0.25) is 0 Å². The maximum Gasteiger partial charge on any atom is 0.326 e. The standard InChI is InChI=1S/C13H25NO3/c1-3-4-5-6-7-8-9-10-12(13(16)17)14-11(2)15/h12H,3-10H2,1-2H3,(H,14,15)(H,16,17). The van der Waals surface area contributed by atoms with Crippen LogP contribution >= 0.6 is 0 Å². The largest absolute Gasteiger partial charge is 0.480 e.